The van der Waals surface area contributed by atoms with Gasteiger partial charge in [-0.1, -0.05) is 48.5 Å². The van der Waals surface area contributed by atoms with Crippen LogP contribution in [0, 0.1) is 5.92 Å². The van der Waals surface area contributed by atoms with Gasteiger partial charge in [0.1, 0.15) is 18.0 Å². The van der Waals surface area contributed by atoms with E-state index in [9.17, 15) is 28.9 Å². The molecule has 3 rings (SSSR count). The summed E-state index contributed by atoms with van der Waals surface area (Å²) in [4.78, 5) is 8.67. The number of primary amides is 1. The van der Waals surface area contributed by atoms with Crippen LogP contribution in [0.2, 0.25) is 0 Å². The van der Waals surface area contributed by atoms with Crippen LogP contribution in [0.1, 0.15) is 12.0 Å². The minimum atomic E-state index is -3.29. The van der Waals surface area contributed by atoms with Crippen LogP contribution in [0.15, 0.2) is 60.7 Å². The molecule has 1 heterocycles. The van der Waals surface area contributed by atoms with E-state index in [-0.39, 0.29) is 6.42 Å². The Hall–Kier alpha value is -2.34. The lowest BCUT2D eigenvalue weighted by molar-refractivity contribution is -0.285. The molecular formula is C21H24NO8S-. The molecule has 0 saturated carbocycles. The Morgan fingerprint density at radius 2 is 1.77 bits per heavy atom. The van der Waals surface area contributed by atoms with Crippen molar-refractivity contribution in [1.82, 2.24) is 0 Å². The topological polar surface area (TPSA) is 162 Å². The Bertz CT molecular complexity index is 899. The highest BCUT2D eigenvalue weighted by atomic mass is 32.2. The fourth-order valence-corrected chi connectivity index (χ4v) is 4.45. The Morgan fingerprint density at radius 1 is 1.19 bits per heavy atom. The van der Waals surface area contributed by atoms with Gasteiger partial charge in [0.2, 0.25) is 12.2 Å². The molecule has 7 atom stereocenters. The van der Waals surface area contributed by atoms with E-state index in [0.29, 0.717) is 11.3 Å². The van der Waals surface area contributed by atoms with Crippen molar-refractivity contribution in [3.8, 4) is 5.75 Å². The average molecular weight is 450 g/mol. The van der Waals surface area contributed by atoms with E-state index in [1.807, 2.05) is 0 Å². The summed E-state index contributed by atoms with van der Waals surface area (Å²) in [7, 11) is 0. The molecule has 1 aliphatic heterocycles. The maximum atomic E-state index is 12.0. The number of carbonyl (C=O) groups excluding carboxylic acids is 1. The van der Waals surface area contributed by atoms with Gasteiger partial charge in [-0.15, -0.1) is 0 Å². The number of aliphatic hydroxyl groups is 3. The molecule has 2 unspecified atom stereocenters. The monoisotopic (exact) mass is 450 g/mol. The van der Waals surface area contributed by atoms with Crippen molar-refractivity contribution in [1.29, 1.82) is 0 Å². The number of amides is 1. The van der Waals surface area contributed by atoms with Gasteiger partial charge in [-0.05, 0) is 28.8 Å². The fourth-order valence-electron chi connectivity index (χ4n) is 3.68. The van der Waals surface area contributed by atoms with Crippen molar-refractivity contribution >= 4 is 17.0 Å². The predicted molar refractivity (Wildman–Crippen MR) is 109 cm³/mol. The fraction of sp³-hybridized carbons (Fsp3) is 0.381. The highest BCUT2D eigenvalue weighted by Gasteiger charge is 2.59. The molecule has 168 valence electrons. The van der Waals surface area contributed by atoms with Gasteiger partial charge in [-0.25, -0.2) is 0 Å². The second-order valence-corrected chi connectivity index (χ2v) is 8.50. The van der Waals surface area contributed by atoms with Crippen molar-refractivity contribution in [2.24, 2.45) is 11.7 Å². The van der Waals surface area contributed by atoms with Crippen molar-refractivity contribution in [2.75, 3.05) is 0 Å². The number of nitrogens with two attached hydrogens (primary N) is 1. The minimum absolute atomic E-state index is 0.0592. The molecule has 0 aromatic heterocycles. The van der Waals surface area contributed by atoms with E-state index in [0.717, 1.165) is 0 Å². The maximum Gasteiger partial charge on any atom is 0.218 e. The van der Waals surface area contributed by atoms with Crippen LogP contribution in [-0.4, -0.2) is 59.5 Å². The number of hydrogen-bond acceptors (Lipinski definition) is 8. The number of para-hydroxylation sites is 1. The predicted octanol–water partition coefficient (Wildman–Crippen LogP) is -0.186. The smallest absolute Gasteiger partial charge is 0.218 e. The summed E-state index contributed by atoms with van der Waals surface area (Å²) in [5.74, 6) is -1.84. The Balaban J connectivity index is 1.95. The van der Waals surface area contributed by atoms with Gasteiger partial charge in [0.05, 0.1) is 12.0 Å². The number of ether oxygens (including phenoxy) is 2. The second-order valence-electron chi connectivity index (χ2n) is 7.38. The zero-order chi connectivity index (χ0) is 22.6. The summed E-state index contributed by atoms with van der Waals surface area (Å²) < 4.78 is 35.4. The van der Waals surface area contributed by atoms with Gasteiger partial charge in [0.15, 0.2) is 4.93 Å². The number of carbonyl (C=O) groups is 1. The molecule has 1 aliphatic rings. The van der Waals surface area contributed by atoms with Crippen LogP contribution in [0.25, 0.3) is 0 Å². The second kappa shape index (κ2) is 9.86. The van der Waals surface area contributed by atoms with Crippen molar-refractivity contribution < 1.29 is 38.3 Å². The average Bonchev–Trinajstić information content (AvgIpc) is 2.74. The van der Waals surface area contributed by atoms with Crippen molar-refractivity contribution in [3.63, 3.8) is 0 Å². The SMILES string of the molecule is NC(=O)C[C@@H]1[C@@H](Oc2ccccc2)O[C@H](C(O)Cc2ccccc2)[C@@](O)(S(=O)[O-])[C@@H]1O. The standard InChI is InChI=1S/C21H25NO8S/c22-17(24)12-15-18(25)21(26,31(27)28)19(16(23)11-13-7-3-1-4-8-13)30-20(15)29-14-9-5-2-6-10-14/h1-10,15-16,18-20,23,25-26H,11-12H2,(H2,22,24)(H,27,28)/p-1/t15-,16?,18+,19+,20-,21-/m0/s1. The van der Waals surface area contributed by atoms with E-state index in [1.165, 1.54) is 0 Å². The van der Waals surface area contributed by atoms with E-state index in [2.05, 4.69) is 0 Å². The van der Waals surface area contributed by atoms with Crippen LogP contribution < -0.4 is 10.5 Å². The molecule has 2 aromatic rings. The molecule has 2 aromatic carbocycles. The molecule has 1 amide bonds. The Kier molecular flexibility index (Phi) is 7.42. The number of hydrogen-bond donors (Lipinski definition) is 4. The molecule has 1 fully saturated rings. The number of rotatable bonds is 8. The highest BCUT2D eigenvalue weighted by Crippen LogP contribution is 2.40. The zero-order valence-electron chi connectivity index (χ0n) is 16.4. The van der Waals surface area contributed by atoms with E-state index in [4.69, 9.17) is 15.2 Å². The maximum absolute atomic E-state index is 12.0. The van der Waals surface area contributed by atoms with E-state index in [1.54, 1.807) is 60.7 Å². The molecule has 0 aliphatic carbocycles. The summed E-state index contributed by atoms with van der Waals surface area (Å²) in [5, 5.41) is 32.5. The summed E-state index contributed by atoms with van der Waals surface area (Å²) in [6, 6.07) is 17.0. The highest BCUT2D eigenvalue weighted by molar-refractivity contribution is 7.80. The molecule has 0 bridgehead atoms. The molecule has 0 radical (unpaired) electrons. The van der Waals surface area contributed by atoms with E-state index < -0.39 is 58.9 Å². The summed E-state index contributed by atoms with van der Waals surface area (Å²) in [5.41, 5.74) is 5.92. The van der Waals surface area contributed by atoms with Crippen molar-refractivity contribution in [3.05, 3.63) is 66.2 Å². The molecule has 5 N–H and O–H groups in total. The quantitative estimate of drug-likeness (QED) is 0.402. The van der Waals surface area contributed by atoms with Gasteiger partial charge >= 0.3 is 0 Å². The van der Waals surface area contributed by atoms with Crippen LogP contribution in [0.4, 0.5) is 0 Å². The van der Waals surface area contributed by atoms with Gasteiger partial charge in [-0.2, -0.15) is 0 Å². The first-order chi connectivity index (χ1) is 14.7. The third-order valence-corrected chi connectivity index (χ3v) is 6.21. The Morgan fingerprint density at radius 3 is 2.32 bits per heavy atom. The number of benzene rings is 2. The van der Waals surface area contributed by atoms with E-state index >= 15 is 0 Å². The normalized spacial score (nSPS) is 30.3. The molecule has 31 heavy (non-hydrogen) atoms. The summed E-state index contributed by atoms with van der Waals surface area (Å²) in [6.07, 6.45) is -7.23. The van der Waals surface area contributed by atoms with Crippen LogP contribution in [-0.2, 0) is 27.0 Å². The lowest BCUT2D eigenvalue weighted by Crippen LogP contribution is -2.69. The first kappa shape index (κ1) is 23.3. The van der Waals surface area contributed by atoms with Gasteiger partial charge in [0, 0.05) is 12.8 Å². The molecule has 10 heteroatoms. The molecule has 9 nitrogen and oxygen atoms in total. The third-order valence-electron chi connectivity index (χ3n) is 5.20. The van der Waals surface area contributed by atoms with Crippen LogP contribution in [0.5, 0.6) is 5.75 Å². The lowest BCUT2D eigenvalue weighted by Gasteiger charge is -2.51. The number of aliphatic hydroxyl groups excluding tert-OH is 2. The summed E-state index contributed by atoms with van der Waals surface area (Å²) >= 11 is -3.29. The van der Waals surface area contributed by atoms with Gasteiger partial charge in [0.25, 0.3) is 0 Å². The molecular weight excluding hydrogens is 426 g/mol. The third kappa shape index (κ3) is 5.12. The first-order valence-corrected chi connectivity index (χ1v) is 10.7. The molecule has 0 spiro atoms. The minimum Gasteiger partial charge on any atom is -0.770 e. The summed E-state index contributed by atoms with van der Waals surface area (Å²) in [6.45, 7) is 0. The Labute approximate surface area is 181 Å². The largest absolute Gasteiger partial charge is 0.770 e. The zero-order valence-corrected chi connectivity index (χ0v) is 17.3. The molecule has 1 saturated heterocycles. The van der Waals surface area contributed by atoms with Crippen LogP contribution >= 0.6 is 0 Å². The van der Waals surface area contributed by atoms with Crippen molar-refractivity contribution in [2.45, 2.75) is 42.4 Å². The van der Waals surface area contributed by atoms with Gasteiger partial charge < -0.3 is 35.1 Å². The lowest BCUT2D eigenvalue weighted by atomic mass is 9.84. The van der Waals surface area contributed by atoms with Gasteiger partial charge in [-0.3, -0.25) is 9.00 Å². The van der Waals surface area contributed by atoms with Crippen LogP contribution in [0.3, 0.4) is 0 Å². The first-order valence-electron chi connectivity index (χ1n) is 9.60.